The van der Waals surface area contributed by atoms with Crippen LogP contribution in [0.25, 0.3) is 0 Å². The van der Waals surface area contributed by atoms with Gasteiger partial charge in [-0.25, -0.2) is 0 Å². The molecule has 1 heterocycles. The molecule has 18 heavy (non-hydrogen) atoms. The maximum atomic E-state index is 6.05. The van der Waals surface area contributed by atoms with E-state index in [2.05, 4.69) is 34.1 Å². The number of ether oxygens (including phenoxy) is 1. The SMILES string of the molecule is NCC1CCc2ccc(Br)cc2C12CCOCC2. The maximum Gasteiger partial charge on any atom is 0.0474 e. The number of hydrogen-bond acceptors (Lipinski definition) is 2. The van der Waals surface area contributed by atoms with Crippen molar-refractivity contribution in [1.82, 2.24) is 0 Å². The minimum Gasteiger partial charge on any atom is -0.381 e. The summed E-state index contributed by atoms with van der Waals surface area (Å²) in [6.45, 7) is 2.55. The average molecular weight is 310 g/mol. The third-order valence-corrected chi connectivity index (χ3v) is 5.31. The van der Waals surface area contributed by atoms with Crippen molar-refractivity contribution in [1.29, 1.82) is 0 Å². The molecule has 0 radical (unpaired) electrons. The number of nitrogens with two attached hydrogens (primary N) is 1. The molecule has 0 amide bonds. The second kappa shape index (κ2) is 4.95. The molecule has 1 fully saturated rings. The number of hydrogen-bond donors (Lipinski definition) is 1. The van der Waals surface area contributed by atoms with E-state index in [1.807, 2.05) is 0 Å². The zero-order valence-corrected chi connectivity index (χ0v) is 12.2. The molecule has 3 heteroatoms. The summed E-state index contributed by atoms with van der Waals surface area (Å²) in [6, 6.07) is 6.76. The molecule has 3 rings (SSSR count). The van der Waals surface area contributed by atoms with Crippen LogP contribution in [0.1, 0.15) is 30.4 Å². The molecule has 2 N–H and O–H groups in total. The quantitative estimate of drug-likeness (QED) is 0.865. The van der Waals surface area contributed by atoms with E-state index in [-0.39, 0.29) is 5.41 Å². The van der Waals surface area contributed by atoms with Crippen LogP contribution in [0.2, 0.25) is 0 Å². The van der Waals surface area contributed by atoms with E-state index in [0.29, 0.717) is 5.92 Å². The van der Waals surface area contributed by atoms with Gasteiger partial charge in [-0.1, -0.05) is 22.0 Å². The van der Waals surface area contributed by atoms with Crippen molar-refractivity contribution >= 4 is 15.9 Å². The Morgan fingerprint density at radius 1 is 1.33 bits per heavy atom. The molecule has 2 aliphatic rings. The molecular weight excluding hydrogens is 290 g/mol. The first-order chi connectivity index (χ1) is 8.76. The van der Waals surface area contributed by atoms with Gasteiger partial charge in [0.15, 0.2) is 0 Å². The smallest absolute Gasteiger partial charge is 0.0474 e. The molecule has 1 aromatic rings. The number of halogens is 1. The fourth-order valence-corrected chi connectivity index (χ4v) is 4.17. The number of rotatable bonds is 1. The lowest BCUT2D eigenvalue weighted by Gasteiger charge is -2.47. The molecule has 1 aromatic carbocycles. The monoisotopic (exact) mass is 309 g/mol. The minimum atomic E-state index is 0.268. The lowest BCUT2D eigenvalue weighted by Crippen LogP contribution is -2.46. The van der Waals surface area contributed by atoms with E-state index in [0.717, 1.165) is 32.6 Å². The highest BCUT2D eigenvalue weighted by Gasteiger charge is 2.44. The van der Waals surface area contributed by atoms with Gasteiger partial charge in [-0.15, -0.1) is 0 Å². The predicted octanol–water partition coefficient (Wildman–Crippen LogP) is 3.02. The lowest BCUT2D eigenvalue weighted by molar-refractivity contribution is 0.0214. The van der Waals surface area contributed by atoms with Gasteiger partial charge in [-0.2, -0.15) is 0 Å². The summed E-state index contributed by atoms with van der Waals surface area (Å²) in [4.78, 5) is 0. The largest absolute Gasteiger partial charge is 0.381 e. The molecule has 0 saturated carbocycles. The van der Waals surface area contributed by atoms with Crippen LogP contribution in [0.3, 0.4) is 0 Å². The molecule has 1 spiro atoms. The second-order valence-corrected chi connectivity index (χ2v) is 6.46. The van der Waals surface area contributed by atoms with E-state index < -0.39 is 0 Å². The molecule has 1 atom stereocenters. The molecule has 0 bridgehead atoms. The number of benzene rings is 1. The van der Waals surface area contributed by atoms with Crippen LogP contribution in [-0.2, 0) is 16.6 Å². The molecule has 0 aromatic heterocycles. The third kappa shape index (κ3) is 1.93. The van der Waals surface area contributed by atoms with Gasteiger partial charge in [0.05, 0.1) is 0 Å². The van der Waals surface area contributed by atoms with Crippen molar-refractivity contribution in [3.63, 3.8) is 0 Å². The van der Waals surface area contributed by atoms with E-state index in [4.69, 9.17) is 10.5 Å². The molecule has 1 aliphatic heterocycles. The Hall–Kier alpha value is -0.380. The Morgan fingerprint density at radius 2 is 2.11 bits per heavy atom. The summed E-state index contributed by atoms with van der Waals surface area (Å²) in [5.41, 5.74) is 9.37. The molecule has 1 aliphatic carbocycles. The van der Waals surface area contributed by atoms with Crippen LogP contribution in [-0.4, -0.2) is 19.8 Å². The molecule has 1 unspecified atom stereocenters. The Kier molecular flexibility index (Phi) is 3.48. The fraction of sp³-hybridized carbons (Fsp3) is 0.600. The van der Waals surface area contributed by atoms with Crippen molar-refractivity contribution in [2.45, 2.75) is 31.1 Å². The summed E-state index contributed by atoms with van der Waals surface area (Å²) in [5, 5.41) is 0. The fourth-order valence-electron chi connectivity index (χ4n) is 3.81. The molecule has 98 valence electrons. The Morgan fingerprint density at radius 3 is 2.83 bits per heavy atom. The van der Waals surface area contributed by atoms with Gasteiger partial charge in [0, 0.05) is 23.1 Å². The first-order valence-electron chi connectivity index (χ1n) is 6.83. The van der Waals surface area contributed by atoms with Crippen molar-refractivity contribution in [2.24, 2.45) is 11.7 Å². The van der Waals surface area contributed by atoms with E-state index in [9.17, 15) is 0 Å². The van der Waals surface area contributed by atoms with Gasteiger partial charge in [0.25, 0.3) is 0 Å². The van der Waals surface area contributed by atoms with Crippen LogP contribution in [0.4, 0.5) is 0 Å². The van der Waals surface area contributed by atoms with Gasteiger partial charge in [0.1, 0.15) is 0 Å². The van der Waals surface area contributed by atoms with Gasteiger partial charge in [-0.3, -0.25) is 0 Å². The maximum absolute atomic E-state index is 6.05. The Bertz CT molecular complexity index is 440. The molecule has 1 saturated heterocycles. The summed E-state index contributed by atoms with van der Waals surface area (Å²) in [6.07, 6.45) is 4.65. The van der Waals surface area contributed by atoms with Crippen LogP contribution >= 0.6 is 15.9 Å². The zero-order chi connectivity index (χ0) is 12.6. The van der Waals surface area contributed by atoms with Crippen molar-refractivity contribution in [3.8, 4) is 0 Å². The van der Waals surface area contributed by atoms with Gasteiger partial charge in [-0.05, 0) is 61.4 Å². The second-order valence-electron chi connectivity index (χ2n) is 5.54. The van der Waals surface area contributed by atoms with Crippen molar-refractivity contribution < 1.29 is 4.74 Å². The van der Waals surface area contributed by atoms with E-state index >= 15 is 0 Å². The Balaban J connectivity index is 2.10. The number of fused-ring (bicyclic) bond motifs is 2. The van der Waals surface area contributed by atoms with Crippen LogP contribution in [0.5, 0.6) is 0 Å². The standard InChI is InChI=1S/C15H20BrNO/c16-13-4-2-11-1-3-12(10-17)15(14(11)9-13)5-7-18-8-6-15/h2,4,9,12H,1,3,5-8,10,17H2. The summed E-state index contributed by atoms with van der Waals surface area (Å²) in [7, 11) is 0. The van der Waals surface area contributed by atoms with Crippen LogP contribution in [0, 0.1) is 5.92 Å². The minimum absolute atomic E-state index is 0.268. The zero-order valence-electron chi connectivity index (χ0n) is 10.6. The van der Waals surface area contributed by atoms with Crippen molar-refractivity contribution in [3.05, 3.63) is 33.8 Å². The third-order valence-electron chi connectivity index (χ3n) is 4.82. The molecular formula is C15H20BrNO. The normalized spacial score (nSPS) is 26.0. The first-order valence-corrected chi connectivity index (χ1v) is 7.62. The highest BCUT2D eigenvalue weighted by atomic mass is 79.9. The van der Waals surface area contributed by atoms with Crippen molar-refractivity contribution in [2.75, 3.05) is 19.8 Å². The van der Waals surface area contributed by atoms with Gasteiger partial charge in [0.2, 0.25) is 0 Å². The highest BCUT2D eigenvalue weighted by molar-refractivity contribution is 9.10. The summed E-state index contributed by atoms with van der Waals surface area (Å²) in [5.74, 6) is 0.614. The number of aryl methyl sites for hydroxylation is 1. The lowest BCUT2D eigenvalue weighted by atomic mass is 9.59. The van der Waals surface area contributed by atoms with E-state index in [1.165, 1.54) is 28.4 Å². The molecule has 2 nitrogen and oxygen atoms in total. The van der Waals surface area contributed by atoms with Crippen LogP contribution in [0.15, 0.2) is 22.7 Å². The first kappa shape index (κ1) is 12.6. The van der Waals surface area contributed by atoms with Gasteiger partial charge < -0.3 is 10.5 Å². The predicted molar refractivity (Wildman–Crippen MR) is 76.7 cm³/mol. The van der Waals surface area contributed by atoms with Crippen LogP contribution < -0.4 is 5.73 Å². The summed E-state index contributed by atoms with van der Waals surface area (Å²) >= 11 is 3.62. The van der Waals surface area contributed by atoms with Gasteiger partial charge >= 0.3 is 0 Å². The van der Waals surface area contributed by atoms with E-state index in [1.54, 1.807) is 0 Å². The average Bonchev–Trinajstić information content (AvgIpc) is 2.41. The highest BCUT2D eigenvalue weighted by Crippen LogP contribution is 2.48. The Labute approximate surface area is 117 Å². The topological polar surface area (TPSA) is 35.2 Å². The summed E-state index contributed by atoms with van der Waals surface area (Å²) < 4.78 is 6.77.